The number of anilines is 1. The molecule has 1 amide bonds. The van der Waals surface area contributed by atoms with Crippen LogP contribution >= 0.6 is 11.3 Å². The summed E-state index contributed by atoms with van der Waals surface area (Å²) < 4.78 is 0. The van der Waals surface area contributed by atoms with Crippen molar-refractivity contribution in [2.45, 2.75) is 39.0 Å². The van der Waals surface area contributed by atoms with Gasteiger partial charge in [-0.15, -0.1) is 11.3 Å². The number of aryl methyl sites for hydroxylation is 1. The summed E-state index contributed by atoms with van der Waals surface area (Å²) in [7, 11) is 0. The van der Waals surface area contributed by atoms with Crippen molar-refractivity contribution in [2.75, 3.05) is 31.1 Å². The third-order valence-electron chi connectivity index (χ3n) is 3.76. The van der Waals surface area contributed by atoms with Gasteiger partial charge in [0.15, 0.2) is 5.13 Å². The highest BCUT2D eigenvalue weighted by molar-refractivity contribution is 7.13. The highest BCUT2D eigenvalue weighted by atomic mass is 32.1. The Morgan fingerprint density at radius 2 is 2.00 bits per heavy atom. The molecule has 0 radical (unpaired) electrons. The molecule has 0 aliphatic carbocycles. The smallest absolute Gasteiger partial charge is 0.305 e. The molecule has 2 heterocycles. The summed E-state index contributed by atoms with van der Waals surface area (Å²) in [6, 6.07) is 0. The van der Waals surface area contributed by atoms with Crippen LogP contribution in [0.3, 0.4) is 0 Å². The van der Waals surface area contributed by atoms with Gasteiger partial charge in [0.2, 0.25) is 5.91 Å². The first-order chi connectivity index (χ1) is 10.6. The van der Waals surface area contributed by atoms with Gasteiger partial charge in [0, 0.05) is 25.0 Å². The van der Waals surface area contributed by atoms with Crippen molar-refractivity contribution in [1.29, 1.82) is 0 Å². The Morgan fingerprint density at radius 3 is 2.55 bits per heavy atom. The number of nitrogens with zero attached hydrogens (tertiary/aromatic N) is 3. The number of aromatic nitrogens is 1. The first-order valence-corrected chi connectivity index (χ1v) is 8.61. The Labute approximate surface area is 134 Å². The van der Waals surface area contributed by atoms with Crippen molar-refractivity contribution in [3.63, 3.8) is 0 Å². The molecule has 1 aromatic rings. The van der Waals surface area contributed by atoms with E-state index in [0.29, 0.717) is 6.54 Å². The quantitative estimate of drug-likeness (QED) is 0.867. The first-order valence-electron chi connectivity index (χ1n) is 7.73. The van der Waals surface area contributed by atoms with Crippen LogP contribution in [0.1, 0.15) is 37.8 Å². The predicted octanol–water partition coefficient (Wildman–Crippen LogP) is 2.14. The summed E-state index contributed by atoms with van der Waals surface area (Å²) in [4.78, 5) is 31.4. The third-order valence-corrected chi connectivity index (χ3v) is 4.78. The van der Waals surface area contributed by atoms with Gasteiger partial charge in [-0.1, -0.05) is 12.8 Å². The summed E-state index contributed by atoms with van der Waals surface area (Å²) in [6.45, 7) is 4.03. The molecule has 0 bridgehead atoms. The number of hydrogen-bond acceptors (Lipinski definition) is 5. The highest BCUT2D eigenvalue weighted by Crippen LogP contribution is 2.21. The molecule has 0 saturated carbocycles. The van der Waals surface area contributed by atoms with Crippen molar-refractivity contribution in [2.24, 2.45) is 0 Å². The lowest BCUT2D eigenvalue weighted by Crippen LogP contribution is -2.41. The van der Waals surface area contributed by atoms with Crippen LogP contribution in [0.5, 0.6) is 0 Å². The topological polar surface area (TPSA) is 73.7 Å². The van der Waals surface area contributed by atoms with E-state index in [1.54, 1.807) is 4.90 Å². The van der Waals surface area contributed by atoms with Gasteiger partial charge in [0.25, 0.3) is 0 Å². The Balaban J connectivity index is 2.01. The number of carboxylic acids is 1. The number of hydrogen-bond donors (Lipinski definition) is 1. The van der Waals surface area contributed by atoms with E-state index in [1.165, 1.54) is 24.2 Å². The van der Waals surface area contributed by atoms with Crippen LogP contribution in [0, 0.1) is 6.92 Å². The Morgan fingerprint density at radius 1 is 1.32 bits per heavy atom. The minimum atomic E-state index is -0.861. The van der Waals surface area contributed by atoms with E-state index < -0.39 is 5.97 Å². The minimum absolute atomic E-state index is 0.00586. The van der Waals surface area contributed by atoms with Gasteiger partial charge in [-0.05, 0) is 19.8 Å². The van der Waals surface area contributed by atoms with Gasteiger partial charge in [0.1, 0.15) is 0 Å². The van der Waals surface area contributed by atoms with Crippen LogP contribution in [0.15, 0.2) is 5.38 Å². The lowest BCUT2D eigenvalue weighted by Gasteiger charge is -2.26. The number of carbonyl (C=O) groups is 2. The zero-order chi connectivity index (χ0) is 15.9. The SMILES string of the molecule is Cc1csc(N(CCC(=O)O)CC(=O)N2CCCCCC2)n1. The van der Waals surface area contributed by atoms with Crippen LogP contribution in [-0.4, -0.2) is 53.0 Å². The van der Waals surface area contributed by atoms with Crippen molar-refractivity contribution < 1.29 is 14.7 Å². The molecule has 0 unspecified atom stereocenters. The standard InChI is InChI=1S/C15H23N3O3S/c1-12-11-22-15(16-12)18(9-6-14(20)21)10-13(19)17-7-4-2-3-5-8-17/h11H,2-10H2,1H3,(H,20,21). The first kappa shape index (κ1) is 16.7. The molecule has 6 nitrogen and oxygen atoms in total. The summed E-state index contributed by atoms with van der Waals surface area (Å²) in [5.74, 6) is -0.791. The number of thiazole rings is 1. The van der Waals surface area contributed by atoms with Gasteiger partial charge in [-0.3, -0.25) is 9.59 Å². The van der Waals surface area contributed by atoms with Gasteiger partial charge in [-0.25, -0.2) is 4.98 Å². The van der Waals surface area contributed by atoms with E-state index in [-0.39, 0.29) is 18.9 Å². The lowest BCUT2D eigenvalue weighted by molar-refractivity contribution is -0.137. The monoisotopic (exact) mass is 325 g/mol. The molecule has 0 spiro atoms. The summed E-state index contributed by atoms with van der Waals surface area (Å²) >= 11 is 1.45. The van der Waals surface area contributed by atoms with Gasteiger partial charge >= 0.3 is 5.97 Å². The fourth-order valence-electron chi connectivity index (χ4n) is 2.54. The molecule has 122 valence electrons. The second-order valence-electron chi connectivity index (χ2n) is 5.63. The second kappa shape index (κ2) is 8.12. The molecule has 1 aliphatic heterocycles. The van der Waals surface area contributed by atoms with E-state index in [1.807, 2.05) is 17.2 Å². The van der Waals surface area contributed by atoms with Crippen molar-refractivity contribution >= 4 is 28.3 Å². The number of aliphatic carboxylic acids is 1. The Hall–Kier alpha value is -1.63. The predicted molar refractivity (Wildman–Crippen MR) is 86.4 cm³/mol. The molecule has 0 atom stereocenters. The normalized spacial score (nSPS) is 15.4. The fourth-order valence-corrected chi connectivity index (χ4v) is 3.37. The number of likely N-dealkylation sites (tertiary alicyclic amines) is 1. The van der Waals surface area contributed by atoms with Crippen LogP contribution in [-0.2, 0) is 9.59 Å². The van der Waals surface area contributed by atoms with Crippen LogP contribution in [0.4, 0.5) is 5.13 Å². The van der Waals surface area contributed by atoms with E-state index >= 15 is 0 Å². The van der Waals surface area contributed by atoms with Gasteiger partial charge in [-0.2, -0.15) is 0 Å². The van der Waals surface area contributed by atoms with E-state index in [0.717, 1.165) is 36.8 Å². The van der Waals surface area contributed by atoms with Crippen molar-refractivity contribution in [3.05, 3.63) is 11.1 Å². The maximum atomic E-state index is 12.5. The highest BCUT2D eigenvalue weighted by Gasteiger charge is 2.21. The molecule has 1 fully saturated rings. The van der Waals surface area contributed by atoms with E-state index in [9.17, 15) is 9.59 Å². The molecule has 0 aromatic carbocycles. The van der Waals surface area contributed by atoms with E-state index in [2.05, 4.69) is 4.98 Å². The maximum Gasteiger partial charge on any atom is 0.305 e. The average Bonchev–Trinajstić information content (AvgIpc) is 2.75. The molecule has 1 saturated heterocycles. The minimum Gasteiger partial charge on any atom is -0.481 e. The van der Waals surface area contributed by atoms with Crippen LogP contribution in [0.2, 0.25) is 0 Å². The second-order valence-corrected chi connectivity index (χ2v) is 6.47. The third kappa shape index (κ3) is 4.98. The summed E-state index contributed by atoms with van der Waals surface area (Å²) in [5.41, 5.74) is 0.891. The molecular formula is C15H23N3O3S. The fraction of sp³-hybridized carbons (Fsp3) is 0.667. The summed E-state index contributed by atoms with van der Waals surface area (Å²) in [6.07, 6.45) is 4.47. The van der Waals surface area contributed by atoms with Crippen molar-refractivity contribution in [3.8, 4) is 0 Å². The van der Waals surface area contributed by atoms with Gasteiger partial charge < -0.3 is 14.9 Å². The van der Waals surface area contributed by atoms with Crippen molar-refractivity contribution in [1.82, 2.24) is 9.88 Å². The zero-order valence-electron chi connectivity index (χ0n) is 13.0. The maximum absolute atomic E-state index is 12.5. The molecule has 7 heteroatoms. The van der Waals surface area contributed by atoms with Gasteiger partial charge in [0.05, 0.1) is 18.7 Å². The molecule has 1 aliphatic rings. The Bertz CT molecular complexity index is 510. The Kier molecular flexibility index (Phi) is 6.18. The van der Waals surface area contributed by atoms with E-state index in [4.69, 9.17) is 5.11 Å². The lowest BCUT2D eigenvalue weighted by atomic mass is 10.2. The van der Waals surface area contributed by atoms with Crippen LogP contribution < -0.4 is 4.90 Å². The molecular weight excluding hydrogens is 302 g/mol. The molecule has 2 rings (SSSR count). The number of rotatable bonds is 6. The molecule has 1 aromatic heterocycles. The van der Waals surface area contributed by atoms with Crippen LogP contribution in [0.25, 0.3) is 0 Å². The summed E-state index contributed by atoms with van der Waals surface area (Å²) in [5, 5.41) is 11.5. The average molecular weight is 325 g/mol. The number of carboxylic acid groups (broad SMARTS) is 1. The largest absolute Gasteiger partial charge is 0.481 e. The number of amides is 1. The molecule has 22 heavy (non-hydrogen) atoms. The zero-order valence-corrected chi connectivity index (χ0v) is 13.8. The molecule has 1 N–H and O–H groups in total. The number of carbonyl (C=O) groups excluding carboxylic acids is 1.